The van der Waals surface area contributed by atoms with Gasteiger partial charge in [-0.25, -0.2) is 4.79 Å². The van der Waals surface area contributed by atoms with Gasteiger partial charge in [0.15, 0.2) is 0 Å². The molecule has 136 valence electrons. The van der Waals surface area contributed by atoms with Gasteiger partial charge in [-0.05, 0) is 44.2 Å². The molecule has 3 rings (SSSR count). The lowest BCUT2D eigenvalue weighted by Gasteiger charge is -2.32. The maximum absolute atomic E-state index is 12.4. The van der Waals surface area contributed by atoms with Crippen LogP contribution in [0.25, 0.3) is 0 Å². The summed E-state index contributed by atoms with van der Waals surface area (Å²) in [7, 11) is 0. The van der Waals surface area contributed by atoms with Crippen LogP contribution in [-0.2, 0) is 9.53 Å². The van der Waals surface area contributed by atoms with Crippen molar-refractivity contribution >= 4 is 17.6 Å². The molecule has 0 aliphatic carbocycles. The van der Waals surface area contributed by atoms with E-state index in [-0.39, 0.29) is 24.0 Å². The lowest BCUT2D eigenvalue weighted by atomic mass is 9.97. The predicted octanol–water partition coefficient (Wildman–Crippen LogP) is 2.62. The van der Waals surface area contributed by atoms with E-state index >= 15 is 0 Å². The SMILES string of the molecule is O=C(NC[C@@H]1CCCCO1)[C@H]1CCCN(C(=O)Nc2ccccc2)C1. The Balaban J connectivity index is 1.46. The Bertz CT molecular complexity index is 573. The standard InChI is InChI=1S/C19H27N3O3/c23-18(20-13-17-10-4-5-12-25-17)15-7-6-11-22(14-15)19(24)21-16-8-2-1-3-9-16/h1-3,8-9,15,17H,4-7,10-14H2,(H,20,23)(H,21,24)/t15-,17-/m0/s1. The molecule has 1 aromatic carbocycles. The van der Waals surface area contributed by atoms with Crippen molar-refractivity contribution < 1.29 is 14.3 Å². The molecule has 3 amide bonds. The third-order valence-electron chi connectivity index (χ3n) is 4.88. The summed E-state index contributed by atoms with van der Waals surface area (Å²) >= 11 is 0. The van der Waals surface area contributed by atoms with Gasteiger partial charge in [0.25, 0.3) is 0 Å². The quantitative estimate of drug-likeness (QED) is 0.881. The molecule has 0 bridgehead atoms. The predicted molar refractivity (Wildman–Crippen MR) is 96.4 cm³/mol. The second-order valence-corrected chi connectivity index (χ2v) is 6.82. The fourth-order valence-corrected chi connectivity index (χ4v) is 3.43. The van der Waals surface area contributed by atoms with E-state index < -0.39 is 0 Å². The van der Waals surface area contributed by atoms with E-state index in [1.807, 2.05) is 30.3 Å². The van der Waals surface area contributed by atoms with Crippen LogP contribution < -0.4 is 10.6 Å². The van der Waals surface area contributed by atoms with Crippen LogP contribution in [0.4, 0.5) is 10.5 Å². The number of rotatable bonds is 4. The molecular formula is C19H27N3O3. The molecule has 0 aromatic heterocycles. The molecule has 2 saturated heterocycles. The summed E-state index contributed by atoms with van der Waals surface area (Å²) in [6, 6.07) is 9.25. The van der Waals surface area contributed by atoms with Crippen molar-refractivity contribution in [2.24, 2.45) is 5.92 Å². The maximum atomic E-state index is 12.4. The van der Waals surface area contributed by atoms with E-state index in [0.717, 1.165) is 44.4 Å². The summed E-state index contributed by atoms with van der Waals surface area (Å²) in [5, 5.41) is 5.90. The van der Waals surface area contributed by atoms with Crippen molar-refractivity contribution in [2.45, 2.75) is 38.2 Å². The van der Waals surface area contributed by atoms with Crippen LogP contribution in [-0.4, -0.2) is 49.2 Å². The van der Waals surface area contributed by atoms with Gasteiger partial charge in [-0.1, -0.05) is 18.2 Å². The lowest BCUT2D eigenvalue weighted by molar-refractivity contribution is -0.127. The first-order valence-electron chi connectivity index (χ1n) is 9.22. The van der Waals surface area contributed by atoms with Crippen molar-refractivity contribution in [3.05, 3.63) is 30.3 Å². The zero-order valence-corrected chi connectivity index (χ0v) is 14.6. The molecule has 6 heteroatoms. The highest BCUT2D eigenvalue weighted by molar-refractivity contribution is 5.90. The molecule has 2 N–H and O–H groups in total. The van der Waals surface area contributed by atoms with Crippen molar-refractivity contribution in [1.29, 1.82) is 0 Å². The number of urea groups is 1. The molecule has 2 fully saturated rings. The average molecular weight is 345 g/mol. The third kappa shape index (κ3) is 5.19. The van der Waals surface area contributed by atoms with E-state index in [2.05, 4.69) is 10.6 Å². The molecule has 0 saturated carbocycles. The van der Waals surface area contributed by atoms with Crippen molar-refractivity contribution in [2.75, 3.05) is 31.6 Å². The summed E-state index contributed by atoms with van der Waals surface area (Å²) in [6.07, 6.45) is 5.10. The zero-order chi connectivity index (χ0) is 17.5. The summed E-state index contributed by atoms with van der Waals surface area (Å²) in [5.41, 5.74) is 0.772. The Morgan fingerprint density at radius 3 is 2.72 bits per heavy atom. The number of benzene rings is 1. The molecule has 0 radical (unpaired) electrons. The number of amides is 3. The Morgan fingerprint density at radius 1 is 1.12 bits per heavy atom. The second kappa shape index (κ2) is 8.85. The Kier molecular flexibility index (Phi) is 6.28. The topological polar surface area (TPSA) is 70.7 Å². The van der Waals surface area contributed by atoms with Gasteiger partial charge in [0.2, 0.25) is 5.91 Å². The molecule has 2 heterocycles. The highest BCUT2D eigenvalue weighted by Crippen LogP contribution is 2.18. The monoisotopic (exact) mass is 345 g/mol. The fraction of sp³-hybridized carbons (Fsp3) is 0.579. The van der Waals surface area contributed by atoms with Crippen molar-refractivity contribution in [1.82, 2.24) is 10.2 Å². The van der Waals surface area contributed by atoms with Crippen LogP contribution in [0.5, 0.6) is 0 Å². The smallest absolute Gasteiger partial charge is 0.321 e. The van der Waals surface area contributed by atoms with Crippen LogP contribution in [0.2, 0.25) is 0 Å². The molecular weight excluding hydrogens is 318 g/mol. The number of likely N-dealkylation sites (tertiary alicyclic amines) is 1. The average Bonchev–Trinajstić information content (AvgIpc) is 2.68. The van der Waals surface area contributed by atoms with Gasteiger partial charge in [-0.3, -0.25) is 4.79 Å². The molecule has 2 aliphatic heterocycles. The van der Waals surface area contributed by atoms with E-state index in [1.165, 1.54) is 0 Å². The number of carbonyl (C=O) groups excluding carboxylic acids is 2. The van der Waals surface area contributed by atoms with Gasteiger partial charge in [-0.15, -0.1) is 0 Å². The van der Waals surface area contributed by atoms with Gasteiger partial charge in [0, 0.05) is 31.9 Å². The number of hydrogen-bond donors (Lipinski definition) is 2. The maximum Gasteiger partial charge on any atom is 0.321 e. The number of nitrogens with zero attached hydrogens (tertiary/aromatic N) is 1. The van der Waals surface area contributed by atoms with Crippen molar-refractivity contribution in [3.63, 3.8) is 0 Å². The van der Waals surface area contributed by atoms with E-state index in [0.29, 0.717) is 19.6 Å². The van der Waals surface area contributed by atoms with Gasteiger partial charge in [0.05, 0.1) is 12.0 Å². The Labute approximate surface area is 148 Å². The number of piperidine rings is 1. The third-order valence-corrected chi connectivity index (χ3v) is 4.88. The zero-order valence-electron chi connectivity index (χ0n) is 14.6. The largest absolute Gasteiger partial charge is 0.376 e. The number of anilines is 1. The first kappa shape index (κ1) is 17.7. The van der Waals surface area contributed by atoms with Gasteiger partial charge in [0.1, 0.15) is 0 Å². The van der Waals surface area contributed by atoms with Gasteiger partial charge >= 0.3 is 6.03 Å². The van der Waals surface area contributed by atoms with Crippen LogP contribution in [0.3, 0.4) is 0 Å². The van der Waals surface area contributed by atoms with Gasteiger partial charge < -0.3 is 20.3 Å². The summed E-state index contributed by atoms with van der Waals surface area (Å²) in [6.45, 7) is 2.52. The van der Waals surface area contributed by atoms with Crippen LogP contribution >= 0.6 is 0 Å². The van der Waals surface area contributed by atoms with Crippen LogP contribution in [0, 0.1) is 5.92 Å². The minimum absolute atomic E-state index is 0.0337. The minimum Gasteiger partial charge on any atom is -0.376 e. The van der Waals surface area contributed by atoms with E-state index in [9.17, 15) is 9.59 Å². The van der Waals surface area contributed by atoms with E-state index in [4.69, 9.17) is 4.74 Å². The molecule has 6 nitrogen and oxygen atoms in total. The molecule has 0 spiro atoms. The molecule has 0 unspecified atom stereocenters. The molecule has 2 atom stereocenters. The Hall–Kier alpha value is -2.08. The first-order valence-corrected chi connectivity index (χ1v) is 9.22. The highest BCUT2D eigenvalue weighted by atomic mass is 16.5. The lowest BCUT2D eigenvalue weighted by Crippen LogP contribution is -2.48. The number of nitrogens with one attached hydrogen (secondary N) is 2. The number of para-hydroxylation sites is 1. The summed E-state index contributed by atoms with van der Waals surface area (Å²) < 4.78 is 5.65. The summed E-state index contributed by atoms with van der Waals surface area (Å²) in [4.78, 5) is 26.6. The fourth-order valence-electron chi connectivity index (χ4n) is 3.43. The number of hydrogen-bond acceptors (Lipinski definition) is 3. The van der Waals surface area contributed by atoms with E-state index in [1.54, 1.807) is 4.90 Å². The Morgan fingerprint density at radius 2 is 1.96 bits per heavy atom. The second-order valence-electron chi connectivity index (χ2n) is 6.82. The normalized spacial score (nSPS) is 23.8. The number of carbonyl (C=O) groups is 2. The number of ether oxygens (including phenoxy) is 1. The highest BCUT2D eigenvalue weighted by Gasteiger charge is 2.29. The van der Waals surface area contributed by atoms with Gasteiger partial charge in [-0.2, -0.15) is 0 Å². The molecule has 2 aliphatic rings. The van der Waals surface area contributed by atoms with Crippen molar-refractivity contribution in [3.8, 4) is 0 Å². The minimum atomic E-state index is -0.140. The van der Waals surface area contributed by atoms with Crippen LogP contribution in [0.1, 0.15) is 32.1 Å². The van der Waals surface area contributed by atoms with Crippen LogP contribution in [0.15, 0.2) is 30.3 Å². The first-order chi connectivity index (χ1) is 12.2. The molecule has 1 aromatic rings. The summed E-state index contributed by atoms with van der Waals surface area (Å²) in [5.74, 6) is -0.106. The molecule has 25 heavy (non-hydrogen) atoms.